The Morgan fingerprint density at radius 3 is 1.89 bits per heavy atom. The molecule has 0 saturated heterocycles. The highest BCUT2D eigenvalue weighted by atomic mass is 16.2. The first-order chi connectivity index (χ1) is 8.80. The maximum atomic E-state index is 8.12. The summed E-state index contributed by atoms with van der Waals surface area (Å²) in [5, 5.41) is 3.36. The summed E-state index contributed by atoms with van der Waals surface area (Å²) >= 11 is 0. The minimum absolute atomic E-state index is 0.250. The van der Waals surface area contributed by atoms with Crippen molar-refractivity contribution in [1.29, 1.82) is 0 Å². The molecule has 2 aromatic rings. The molecule has 92 valence electrons. The van der Waals surface area contributed by atoms with Gasteiger partial charge in [0, 0.05) is 11.4 Å². The molecule has 1 N–H and O–H groups in total. The first-order valence-corrected chi connectivity index (χ1v) is 5.70. The molecule has 0 bridgehead atoms. The van der Waals surface area contributed by atoms with Gasteiger partial charge < -0.3 is 5.32 Å². The maximum absolute atomic E-state index is 8.12. The van der Waals surface area contributed by atoms with E-state index in [-0.39, 0.29) is 6.15 Å². The lowest BCUT2D eigenvalue weighted by Gasteiger charge is -2.06. The molecule has 0 atom stereocenters. The second kappa shape index (κ2) is 7.82. The van der Waals surface area contributed by atoms with Crippen molar-refractivity contribution in [1.82, 2.24) is 0 Å². The molecule has 0 aliphatic heterocycles. The van der Waals surface area contributed by atoms with Gasteiger partial charge in [-0.1, -0.05) is 37.3 Å². The standard InChI is InChI=1S/C14H15N.CO2/c1-2-12-8-10-14(11-9-12)15-13-6-4-3-5-7-13;2-1-3/h3-11,15H,2H2,1H3;. The highest BCUT2D eigenvalue weighted by molar-refractivity contribution is 5.59. The van der Waals surface area contributed by atoms with Crippen molar-refractivity contribution in [2.24, 2.45) is 0 Å². The number of anilines is 2. The van der Waals surface area contributed by atoms with E-state index in [0.29, 0.717) is 0 Å². The minimum Gasteiger partial charge on any atom is -0.356 e. The van der Waals surface area contributed by atoms with E-state index in [1.807, 2.05) is 18.2 Å². The highest BCUT2D eigenvalue weighted by Gasteiger charge is 1.93. The fraction of sp³-hybridized carbons (Fsp3) is 0.133. The predicted octanol–water partition coefficient (Wildman–Crippen LogP) is 3.41. The molecular weight excluding hydrogens is 226 g/mol. The molecule has 3 heteroatoms. The van der Waals surface area contributed by atoms with Gasteiger partial charge in [0.2, 0.25) is 0 Å². The monoisotopic (exact) mass is 241 g/mol. The van der Waals surface area contributed by atoms with Gasteiger partial charge in [0.1, 0.15) is 0 Å². The Labute approximate surface area is 106 Å². The third kappa shape index (κ3) is 4.64. The molecule has 0 amide bonds. The van der Waals surface area contributed by atoms with Gasteiger partial charge in [-0.15, -0.1) is 0 Å². The normalized spacial score (nSPS) is 8.72. The zero-order valence-corrected chi connectivity index (χ0v) is 10.2. The molecule has 0 heterocycles. The quantitative estimate of drug-likeness (QED) is 0.895. The van der Waals surface area contributed by atoms with Gasteiger partial charge in [0.05, 0.1) is 0 Å². The van der Waals surface area contributed by atoms with E-state index in [1.54, 1.807) is 0 Å². The zero-order chi connectivity index (χ0) is 13.2. The van der Waals surface area contributed by atoms with Crippen LogP contribution in [-0.4, -0.2) is 6.15 Å². The van der Waals surface area contributed by atoms with Crippen LogP contribution < -0.4 is 5.32 Å². The average Bonchev–Trinajstić information content (AvgIpc) is 2.42. The van der Waals surface area contributed by atoms with Crippen molar-refractivity contribution in [2.45, 2.75) is 13.3 Å². The van der Waals surface area contributed by atoms with Crippen molar-refractivity contribution >= 4 is 17.5 Å². The summed E-state index contributed by atoms with van der Waals surface area (Å²) in [5.74, 6) is 0. The van der Waals surface area contributed by atoms with Crippen LogP contribution in [0.1, 0.15) is 12.5 Å². The fourth-order valence-electron chi connectivity index (χ4n) is 1.51. The number of para-hydroxylation sites is 1. The van der Waals surface area contributed by atoms with Crippen LogP contribution in [0.15, 0.2) is 54.6 Å². The van der Waals surface area contributed by atoms with E-state index >= 15 is 0 Å². The van der Waals surface area contributed by atoms with Crippen molar-refractivity contribution < 1.29 is 9.59 Å². The Bertz CT molecular complexity index is 486. The summed E-state index contributed by atoms with van der Waals surface area (Å²) in [6, 6.07) is 18.8. The molecule has 0 aromatic heterocycles. The number of hydrogen-bond acceptors (Lipinski definition) is 3. The van der Waals surface area contributed by atoms with Crippen LogP contribution in [0.5, 0.6) is 0 Å². The van der Waals surface area contributed by atoms with E-state index in [1.165, 1.54) is 5.56 Å². The number of benzene rings is 2. The first kappa shape index (κ1) is 13.7. The van der Waals surface area contributed by atoms with Gasteiger partial charge in [0.15, 0.2) is 0 Å². The van der Waals surface area contributed by atoms with Crippen molar-refractivity contribution in [3.63, 3.8) is 0 Å². The summed E-state index contributed by atoms with van der Waals surface area (Å²) in [4.78, 5) is 16.2. The Kier molecular flexibility index (Phi) is 5.95. The molecule has 0 radical (unpaired) electrons. The summed E-state index contributed by atoms with van der Waals surface area (Å²) in [6.07, 6.45) is 1.34. The maximum Gasteiger partial charge on any atom is 0.373 e. The van der Waals surface area contributed by atoms with E-state index in [9.17, 15) is 0 Å². The molecule has 0 aliphatic rings. The molecule has 0 unspecified atom stereocenters. The number of carbonyl (C=O) groups excluding carboxylic acids is 2. The van der Waals surface area contributed by atoms with Gasteiger partial charge in [0.25, 0.3) is 0 Å². The average molecular weight is 241 g/mol. The molecule has 0 fully saturated rings. The van der Waals surface area contributed by atoms with Gasteiger partial charge in [-0.25, -0.2) is 0 Å². The van der Waals surface area contributed by atoms with Gasteiger partial charge in [-0.3, -0.25) is 0 Å². The van der Waals surface area contributed by atoms with Gasteiger partial charge >= 0.3 is 6.15 Å². The molecule has 18 heavy (non-hydrogen) atoms. The van der Waals surface area contributed by atoms with E-state index in [0.717, 1.165) is 17.8 Å². The van der Waals surface area contributed by atoms with E-state index < -0.39 is 0 Å². The molecule has 0 saturated carbocycles. The topological polar surface area (TPSA) is 46.2 Å². The minimum atomic E-state index is 0.250. The summed E-state index contributed by atoms with van der Waals surface area (Å²) in [5.41, 5.74) is 3.63. The van der Waals surface area contributed by atoms with Crippen LogP contribution in [0.3, 0.4) is 0 Å². The van der Waals surface area contributed by atoms with Crippen molar-refractivity contribution in [2.75, 3.05) is 5.32 Å². The zero-order valence-electron chi connectivity index (χ0n) is 10.2. The predicted molar refractivity (Wildman–Crippen MR) is 70.6 cm³/mol. The SMILES string of the molecule is CCc1ccc(Nc2ccccc2)cc1.O=C=O. The number of aryl methyl sites for hydroxylation is 1. The number of hydrogen-bond donors (Lipinski definition) is 1. The highest BCUT2D eigenvalue weighted by Crippen LogP contribution is 2.16. The lowest BCUT2D eigenvalue weighted by Crippen LogP contribution is -1.89. The largest absolute Gasteiger partial charge is 0.373 e. The fourth-order valence-corrected chi connectivity index (χ4v) is 1.51. The molecule has 0 spiro atoms. The second-order valence-electron chi connectivity index (χ2n) is 3.62. The Hall–Kier alpha value is -2.38. The van der Waals surface area contributed by atoms with Crippen LogP contribution in [0.4, 0.5) is 11.4 Å². The smallest absolute Gasteiger partial charge is 0.356 e. The second-order valence-corrected chi connectivity index (χ2v) is 3.62. The van der Waals surface area contributed by atoms with Crippen LogP contribution in [0.25, 0.3) is 0 Å². The Morgan fingerprint density at radius 1 is 0.889 bits per heavy atom. The lowest BCUT2D eigenvalue weighted by molar-refractivity contribution is -0.191. The molecule has 0 aliphatic carbocycles. The van der Waals surface area contributed by atoms with Gasteiger partial charge in [-0.2, -0.15) is 9.59 Å². The lowest BCUT2D eigenvalue weighted by atomic mass is 10.1. The van der Waals surface area contributed by atoms with Crippen LogP contribution in [0.2, 0.25) is 0 Å². The van der Waals surface area contributed by atoms with E-state index in [2.05, 4.69) is 48.6 Å². The van der Waals surface area contributed by atoms with Crippen molar-refractivity contribution in [3.8, 4) is 0 Å². The summed E-state index contributed by atoms with van der Waals surface area (Å²) < 4.78 is 0. The molecular formula is C15H15NO2. The Balaban J connectivity index is 0.000000492. The third-order valence-electron chi connectivity index (χ3n) is 2.42. The van der Waals surface area contributed by atoms with Crippen molar-refractivity contribution in [3.05, 3.63) is 60.2 Å². The molecule has 3 nitrogen and oxygen atoms in total. The van der Waals surface area contributed by atoms with Crippen LogP contribution in [0, 0.1) is 0 Å². The molecule has 2 aromatic carbocycles. The molecule has 2 rings (SSSR count). The summed E-state index contributed by atoms with van der Waals surface area (Å²) in [6.45, 7) is 2.17. The van der Waals surface area contributed by atoms with E-state index in [4.69, 9.17) is 9.59 Å². The van der Waals surface area contributed by atoms with Crippen LogP contribution >= 0.6 is 0 Å². The number of rotatable bonds is 3. The summed E-state index contributed by atoms with van der Waals surface area (Å²) in [7, 11) is 0. The van der Waals surface area contributed by atoms with Crippen LogP contribution in [-0.2, 0) is 16.0 Å². The third-order valence-corrected chi connectivity index (χ3v) is 2.42. The number of nitrogens with one attached hydrogen (secondary N) is 1. The van der Waals surface area contributed by atoms with Gasteiger partial charge in [-0.05, 0) is 36.2 Å². The first-order valence-electron chi connectivity index (χ1n) is 5.70. The Morgan fingerprint density at radius 2 is 1.39 bits per heavy atom.